The van der Waals surface area contributed by atoms with Crippen LogP contribution >= 0.6 is 15.9 Å². The van der Waals surface area contributed by atoms with Gasteiger partial charge in [-0.3, -0.25) is 14.9 Å². The maximum absolute atomic E-state index is 12.8. The number of halogens is 1. The molecule has 0 bridgehead atoms. The molecule has 0 aromatic heterocycles. The van der Waals surface area contributed by atoms with Crippen molar-refractivity contribution in [2.24, 2.45) is 0 Å². The second-order valence-corrected chi connectivity index (χ2v) is 7.97. The number of nitriles is 1. The number of amides is 1. The highest BCUT2D eigenvalue weighted by molar-refractivity contribution is 9.10. The first-order chi connectivity index (χ1) is 16.9. The molecule has 35 heavy (non-hydrogen) atoms. The topological polar surface area (TPSA) is 124 Å². The van der Waals surface area contributed by atoms with E-state index in [2.05, 4.69) is 21.2 Å². The molecule has 0 saturated heterocycles. The minimum absolute atomic E-state index is 0.0701. The van der Waals surface area contributed by atoms with Crippen molar-refractivity contribution in [1.82, 2.24) is 0 Å². The van der Waals surface area contributed by atoms with Crippen LogP contribution in [0.25, 0.3) is 6.08 Å². The fourth-order valence-electron chi connectivity index (χ4n) is 3.09. The minimum atomic E-state index is -0.817. The van der Waals surface area contributed by atoms with Gasteiger partial charge in [-0.15, -0.1) is 0 Å². The standard InChI is InChI=1S/C25H20BrN3O6/c1-33-20-10-11-21(22(13-20)29(31)32)28-25(30)18(14-27)12-17-4-3-5-23(34-2)24(17)35-15-16-6-8-19(26)9-7-16/h3-13H,15H2,1-2H3,(H,28,30)/b18-12+. The zero-order valence-corrected chi connectivity index (χ0v) is 20.4. The van der Waals surface area contributed by atoms with Crippen molar-refractivity contribution in [1.29, 1.82) is 5.26 Å². The average molecular weight is 538 g/mol. The van der Waals surface area contributed by atoms with Gasteiger partial charge in [-0.25, -0.2) is 0 Å². The largest absolute Gasteiger partial charge is 0.496 e. The summed E-state index contributed by atoms with van der Waals surface area (Å²) in [5, 5.41) is 23.5. The summed E-state index contributed by atoms with van der Waals surface area (Å²) < 4.78 is 17.3. The number of nitrogens with zero attached hydrogens (tertiary/aromatic N) is 2. The van der Waals surface area contributed by atoms with Gasteiger partial charge in [0.25, 0.3) is 11.6 Å². The van der Waals surface area contributed by atoms with Gasteiger partial charge in [-0.1, -0.05) is 40.2 Å². The van der Waals surface area contributed by atoms with E-state index in [9.17, 15) is 20.2 Å². The van der Waals surface area contributed by atoms with Crippen LogP contribution in [0.4, 0.5) is 11.4 Å². The number of para-hydroxylation sites is 1. The van der Waals surface area contributed by atoms with Gasteiger partial charge in [0.2, 0.25) is 0 Å². The van der Waals surface area contributed by atoms with Gasteiger partial charge in [0, 0.05) is 10.0 Å². The van der Waals surface area contributed by atoms with Crippen LogP contribution in [0.15, 0.2) is 70.7 Å². The number of ether oxygens (including phenoxy) is 3. The second-order valence-electron chi connectivity index (χ2n) is 7.06. The van der Waals surface area contributed by atoms with Gasteiger partial charge < -0.3 is 19.5 Å². The smallest absolute Gasteiger partial charge is 0.296 e. The highest BCUT2D eigenvalue weighted by Crippen LogP contribution is 2.34. The van der Waals surface area contributed by atoms with Gasteiger partial charge in [0.05, 0.1) is 25.2 Å². The van der Waals surface area contributed by atoms with Crippen molar-refractivity contribution in [2.75, 3.05) is 19.5 Å². The highest BCUT2D eigenvalue weighted by Gasteiger charge is 2.20. The summed E-state index contributed by atoms with van der Waals surface area (Å²) in [4.78, 5) is 23.6. The summed E-state index contributed by atoms with van der Waals surface area (Å²) >= 11 is 3.39. The van der Waals surface area contributed by atoms with E-state index in [1.165, 1.54) is 38.5 Å². The molecule has 9 nitrogen and oxygen atoms in total. The summed E-state index contributed by atoms with van der Waals surface area (Å²) in [7, 11) is 2.86. The van der Waals surface area contributed by atoms with Crippen LogP contribution in [0.2, 0.25) is 0 Å². The van der Waals surface area contributed by atoms with E-state index in [4.69, 9.17) is 14.2 Å². The predicted molar refractivity (Wildman–Crippen MR) is 133 cm³/mol. The maximum atomic E-state index is 12.8. The Morgan fingerprint density at radius 3 is 2.51 bits per heavy atom. The number of rotatable bonds is 9. The van der Waals surface area contributed by atoms with Crippen LogP contribution in [0.1, 0.15) is 11.1 Å². The maximum Gasteiger partial charge on any atom is 0.296 e. The molecule has 1 N–H and O–H groups in total. The lowest BCUT2D eigenvalue weighted by molar-refractivity contribution is -0.384. The fraction of sp³-hybridized carbons (Fsp3) is 0.120. The number of benzene rings is 3. The number of nitro groups is 1. The molecule has 3 aromatic rings. The number of methoxy groups -OCH3 is 2. The molecule has 0 aliphatic heterocycles. The highest BCUT2D eigenvalue weighted by atomic mass is 79.9. The van der Waals surface area contributed by atoms with Gasteiger partial charge in [-0.05, 0) is 42.0 Å². The minimum Gasteiger partial charge on any atom is -0.496 e. The number of carbonyl (C=O) groups excluding carboxylic acids is 1. The molecule has 3 rings (SSSR count). The van der Waals surface area contributed by atoms with Crippen molar-refractivity contribution in [3.63, 3.8) is 0 Å². The van der Waals surface area contributed by atoms with Crippen LogP contribution < -0.4 is 19.5 Å². The monoisotopic (exact) mass is 537 g/mol. The molecule has 0 saturated carbocycles. The molecule has 10 heteroatoms. The number of carbonyl (C=O) groups is 1. The van der Waals surface area contributed by atoms with Gasteiger partial charge in [0.15, 0.2) is 11.5 Å². The molecular weight excluding hydrogens is 518 g/mol. The van der Waals surface area contributed by atoms with Crippen LogP contribution in [0, 0.1) is 21.4 Å². The zero-order chi connectivity index (χ0) is 25.4. The lowest BCUT2D eigenvalue weighted by Gasteiger charge is -2.14. The summed E-state index contributed by atoms with van der Waals surface area (Å²) in [6, 6.07) is 18.4. The third-order valence-corrected chi connectivity index (χ3v) is 5.37. The second kappa shape index (κ2) is 11.7. The Labute approximate surface area is 209 Å². The molecule has 1 amide bonds. The molecule has 0 atom stereocenters. The lowest BCUT2D eigenvalue weighted by Crippen LogP contribution is -2.14. The number of hydrogen-bond donors (Lipinski definition) is 1. The number of hydrogen-bond acceptors (Lipinski definition) is 7. The van der Waals surface area contributed by atoms with Gasteiger partial charge >= 0.3 is 0 Å². The Morgan fingerprint density at radius 1 is 1.14 bits per heavy atom. The van der Waals surface area contributed by atoms with E-state index in [1.807, 2.05) is 30.3 Å². The molecule has 0 fully saturated rings. The SMILES string of the molecule is COc1ccc(NC(=O)/C(C#N)=C/c2cccc(OC)c2OCc2ccc(Br)cc2)c([N+](=O)[O-])c1. The summed E-state index contributed by atoms with van der Waals surface area (Å²) in [6.45, 7) is 0.223. The van der Waals surface area contributed by atoms with E-state index in [-0.39, 0.29) is 29.3 Å². The Bertz CT molecular complexity index is 1320. The van der Waals surface area contributed by atoms with Crippen molar-refractivity contribution in [3.05, 3.63) is 92.0 Å². The number of nitrogens with one attached hydrogen (secondary N) is 1. The first-order valence-corrected chi connectivity index (χ1v) is 11.0. The van der Waals surface area contributed by atoms with E-state index in [0.29, 0.717) is 17.1 Å². The molecule has 0 unspecified atom stereocenters. The molecule has 0 aliphatic rings. The third kappa shape index (κ3) is 6.37. The summed E-state index contributed by atoms with van der Waals surface area (Å²) in [5.41, 5.74) is 0.613. The first kappa shape index (κ1) is 25.3. The fourth-order valence-corrected chi connectivity index (χ4v) is 3.35. The van der Waals surface area contributed by atoms with Crippen LogP contribution in [-0.4, -0.2) is 25.1 Å². The Morgan fingerprint density at radius 2 is 1.89 bits per heavy atom. The Balaban J connectivity index is 1.90. The van der Waals surface area contributed by atoms with Crippen molar-refractivity contribution >= 4 is 39.3 Å². The van der Waals surface area contributed by atoms with E-state index >= 15 is 0 Å². The lowest BCUT2D eigenvalue weighted by atomic mass is 10.1. The summed E-state index contributed by atoms with van der Waals surface area (Å²) in [5.74, 6) is 0.199. The number of nitro benzene ring substituents is 1. The van der Waals surface area contributed by atoms with Gasteiger partial charge in [0.1, 0.15) is 29.7 Å². The molecular formula is C25H20BrN3O6. The normalized spacial score (nSPS) is 10.7. The van der Waals surface area contributed by atoms with Gasteiger partial charge in [-0.2, -0.15) is 5.26 Å². The number of anilines is 1. The van der Waals surface area contributed by atoms with E-state index in [0.717, 1.165) is 10.0 Å². The van der Waals surface area contributed by atoms with Crippen molar-refractivity contribution in [3.8, 4) is 23.3 Å². The molecule has 178 valence electrons. The first-order valence-electron chi connectivity index (χ1n) is 10.2. The average Bonchev–Trinajstić information content (AvgIpc) is 2.87. The molecule has 3 aromatic carbocycles. The summed E-state index contributed by atoms with van der Waals surface area (Å²) in [6.07, 6.45) is 1.34. The molecule has 0 spiro atoms. The predicted octanol–water partition coefficient (Wildman–Crippen LogP) is 5.50. The molecule has 0 radical (unpaired) electrons. The van der Waals surface area contributed by atoms with Crippen molar-refractivity contribution in [2.45, 2.75) is 6.61 Å². The van der Waals surface area contributed by atoms with E-state index < -0.39 is 10.8 Å². The van der Waals surface area contributed by atoms with Crippen molar-refractivity contribution < 1.29 is 23.9 Å². The third-order valence-electron chi connectivity index (χ3n) is 4.84. The Hall–Kier alpha value is -4.36. The zero-order valence-electron chi connectivity index (χ0n) is 18.8. The van der Waals surface area contributed by atoms with Crippen LogP contribution in [0.5, 0.6) is 17.2 Å². The van der Waals surface area contributed by atoms with Crippen LogP contribution in [0.3, 0.4) is 0 Å². The van der Waals surface area contributed by atoms with E-state index in [1.54, 1.807) is 18.2 Å². The molecule has 0 heterocycles. The Kier molecular flexibility index (Phi) is 8.43. The molecule has 0 aliphatic carbocycles. The quantitative estimate of drug-likeness (QED) is 0.165. The van der Waals surface area contributed by atoms with Crippen LogP contribution in [-0.2, 0) is 11.4 Å².